The van der Waals surface area contributed by atoms with Gasteiger partial charge in [-0.1, -0.05) is 19.8 Å². The number of hydrogen-bond donors (Lipinski definition) is 1. The normalized spacial score (nSPS) is 26.3. The molecule has 1 aliphatic carbocycles. The summed E-state index contributed by atoms with van der Waals surface area (Å²) in [4.78, 5) is 0. The molecule has 3 atom stereocenters. The van der Waals surface area contributed by atoms with Crippen LogP contribution in [0.4, 0.5) is 0 Å². The van der Waals surface area contributed by atoms with Gasteiger partial charge in [0, 0.05) is 13.5 Å². The molecule has 1 fully saturated rings. The minimum atomic E-state index is -0.237. The van der Waals surface area contributed by atoms with E-state index in [1.807, 2.05) is 18.7 Å². The van der Waals surface area contributed by atoms with Gasteiger partial charge in [-0.25, -0.2) is 0 Å². The minimum Gasteiger partial charge on any atom is -0.392 e. The summed E-state index contributed by atoms with van der Waals surface area (Å²) < 4.78 is 2.93. The third-order valence-corrected chi connectivity index (χ3v) is 5.22. The van der Waals surface area contributed by atoms with Gasteiger partial charge in [-0.3, -0.25) is 4.68 Å². The van der Waals surface area contributed by atoms with Gasteiger partial charge in [0.2, 0.25) is 0 Å². The molecule has 0 aromatic carbocycles. The van der Waals surface area contributed by atoms with Gasteiger partial charge in [0.05, 0.1) is 22.0 Å². The number of aromatic nitrogens is 2. The Morgan fingerprint density at radius 2 is 2.22 bits per heavy atom. The molecule has 0 aliphatic heterocycles. The van der Waals surface area contributed by atoms with Gasteiger partial charge in [0.15, 0.2) is 0 Å². The van der Waals surface area contributed by atoms with Crippen LogP contribution in [0.2, 0.25) is 0 Å². The second-order valence-electron chi connectivity index (χ2n) is 5.77. The van der Waals surface area contributed by atoms with E-state index < -0.39 is 0 Å². The Kier molecular flexibility index (Phi) is 4.49. The molecular formula is C14H23BrN2O. The Labute approximate surface area is 118 Å². The van der Waals surface area contributed by atoms with Crippen molar-refractivity contribution in [3.05, 3.63) is 15.9 Å². The molecule has 0 radical (unpaired) electrons. The molecule has 18 heavy (non-hydrogen) atoms. The maximum Gasteiger partial charge on any atom is 0.0738 e. The summed E-state index contributed by atoms with van der Waals surface area (Å²) in [5, 5.41) is 14.8. The van der Waals surface area contributed by atoms with Crippen LogP contribution in [0.5, 0.6) is 0 Å². The van der Waals surface area contributed by atoms with Crippen molar-refractivity contribution in [1.29, 1.82) is 0 Å². The van der Waals surface area contributed by atoms with Crippen LogP contribution in [0.1, 0.15) is 44.0 Å². The maximum absolute atomic E-state index is 10.4. The van der Waals surface area contributed by atoms with Crippen molar-refractivity contribution in [2.45, 2.75) is 52.1 Å². The lowest BCUT2D eigenvalue weighted by Gasteiger charge is -2.30. The number of aryl methyl sites for hydroxylation is 2. The average Bonchev–Trinajstić information content (AvgIpc) is 2.56. The molecule has 102 valence electrons. The van der Waals surface area contributed by atoms with Crippen LogP contribution < -0.4 is 0 Å². The molecule has 2 rings (SSSR count). The Morgan fingerprint density at radius 3 is 2.78 bits per heavy atom. The van der Waals surface area contributed by atoms with Crippen molar-refractivity contribution in [2.75, 3.05) is 0 Å². The lowest BCUT2D eigenvalue weighted by Crippen LogP contribution is -2.28. The summed E-state index contributed by atoms with van der Waals surface area (Å²) >= 11 is 3.57. The van der Waals surface area contributed by atoms with Crippen LogP contribution in [0.3, 0.4) is 0 Å². The van der Waals surface area contributed by atoms with Crippen LogP contribution in [-0.2, 0) is 13.5 Å². The molecule has 1 heterocycles. The van der Waals surface area contributed by atoms with Gasteiger partial charge in [0.25, 0.3) is 0 Å². The Bertz CT molecular complexity index is 416. The first-order valence-electron chi connectivity index (χ1n) is 6.85. The second-order valence-corrected chi connectivity index (χ2v) is 6.57. The summed E-state index contributed by atoms with van der Waals surface area (Å²) in [5.74, 6) is 1.21. The molecule has 0 bridgehead atoms. The number of aliphatic hydroxyl groups is 1. The average molecular weight is 315 g/mol. The predicted molar refractivity (Wildman–Crippen MR) is 76.5 cm³/mol. The number of nitrogens with zero attached hydrogens (tertiary/aromatic N) is 2. The molecule has 1 aromatic rings. The van der Waals surface area contributed by atoms with E-state index in [0.29, 0.717) is 12.3 Å². The van der Waals surface area contributed by atoms with E-state index in [0.717, 1.165) is 28.2 Å². The topological polar surface area (TPSA) is 38.0 Å². The zero-order chi connectivity index (χ0) is 13.3. The molecule has 1 aromatic heterocycles. The highest BCUT2D eigenvalue weighted by molar-refractivity contribution is 9.10. The molecule has 3 nitrogen and oxygen atoms in total. The number of hydrogen-bond acceptors (Lipinski definition) is 2. The predicted octanol–water partition coefficient (Wildman–Crippen LogP) is 3.22. The summed E-state index contributed by atoms with van der Waals surface area (Å²) in [7, 11) is 1.95. The van der Waals surface area contributed by atoms with E-state index in [1.54, 1.807) is 0 Å². The molecule has 1 N–H and O–H groups in total. The van der Waals surface area contributed by atoms with E-state index in [2.05, 4.69) is 28.0 Å². The van der Waals surface area contributed by atoms with Crippen LogP contribution in [0.15, 0.2) is 4.47 Å². The molecule has 0 spiro atoms. The maximum atomic E-state index is 10.4. The van der Waals surface area contributed by atoms with Gasteiger partial charge in [-0.15, -0.1) is 0 Å². The zero-order valence-corrected chi connectivity index (χ0v) is 13.1. The largest absolute Gasteiger partial charge is 0.392 e. The van der Waals surface area contributed by atoms with Gasteiger partial charge >= 0.3 is 0 Å². The zero-order valence-electron chi connectivity index (χ0n) is 11.5. The number of aliphatic hydroxyl groups excluding tert-OH is 1. The Hall–Kier alpha value is -0.350. The van der Waals surface area contributed by atoms with Gasteiger partial charge in [0.1, 0.15) is 0 Å². The number of rotatable bonds is 3. The van der Waals surface area contributed by atoms with Gasteiger partial charge < -0.3 is 5.11 Å². The minimum absolute atomic E-state index is 0.237. The lowest BCUT2D eigenvalue weighted by atomic mass is 9.78. The molecule has 0 saturated heterocycles. The first-order chi connectivity index (χ1) is 8.49. The SMILES string of the molecule is Cc1nn(C)c(CC(O)C2CCCC(C)C2)c1Br. The fraction of sp³-hybridized carbons (Fsp3) is 0.786. The van der Waals surface area contributed by atoms with Gasteiger partial charge in [-0.05, 0) is 47.5 Å². The van der Waals surface area contributed by atoms with E-state index in [4.69, 9.17) is 0 Å². The van der Waals surface area contributed by atoms with E-state index in [-0.39, 0.29) is 6.10 Å². The van der Waals surface area contributed by atoms with Crippen molar-refractivity contribution in [2.24, 2.45) is 18.9 Å². The van der Waals surface area contributed by atoms with Crippen LogP contribution in [0, 0.1) is 18.8 Å². The van der Waals surface area contributed by atoms with Crippen molar-refractivity contribution in [1.82, 2.24) is 9.78 Å². The van der Waals surface area contributed by atoms with Crippen LogP contribution in [0.25, 0.3) is 0 Å². The van der Waals surface area contributed by atoms with Crippen LogP contribution in [-0.4, -0.2) is 21.0 Å². The Morgan fingerprint density at radius 1 is 1.50 bits per heavy atom. The molecule has 4 heteroatoms. The molecule has 1 saturated carbocycles. The third-order valence-electron chi connectivity index (χ3n) is 4.19. The first-order valence-corrected chi connectivity index (χ1v) is 7.64. The second kappa shape index (κ2) is 5.74. The lowest BCUT2D eigenvalue weighted by molar-refractivity contribution is 0.0704. The summed E-state index contributed by atoms with van der Waals surface area (Å²) in [6.45, 7) is 4.28. The molecule has 0 amide bonds. The quantitative estimate of drug-likeness (QED) is 0.930. The van der Waals surface area contributed by atoms with E-state index in [9.17, 15) is 5.11 Å². The highest BCUT2D eigenvalue weighted by atomic mass is 79.9. The molecule has 1 aliphatic rings. The Balaban J connectivity index is 2.04. The number of halogens is 1. The van der Waals surface area contributed by atoms with Crippen molar-refractivity contribution in [3.8, 4) is 0 Å². The van der Waals surface area contributed by atoms with Crippen molar-refractivity contribution >= 4 is 15.9 Å². The highest BCUT2D eigenvalue weighted by Crippen LogP contribution is 2.33. The van der Waals surface area contributed by atoms with Crippen molar-refractivity contribution < 1.29 is 5.11 Å². The fourth-order valence-electron chi connectivity index (χ4n) is 3.10. The fourth-order valence-corrected chi connectivity index (χ4v) is 3.59. The summed E-state index contributed by atoms with van der Waals surface area (Å²) in [6.07, 6.45) is 5.37. The van der Waals surface area contributed by atoms with E-state index >= 15 is 0 Å². The summed E-state index contributed by atoms with van der Waals surface area (Å²) in [5.41, 5.74) is 2.11. The smallest absolute Gasteiger partial charge is 0.0738 e. The van der Waals surface area contributed by atoms with Crippen molar-refractivity contribution in [3.63, 3.8) is 0 Å². The monoisotopic (exact) mass is 314 g/mol. The van der Waals surface area contributed by atoms with E-state index in [1.165, 1.54) is 19.3 Å². The summed E-state index contributed by atoms with van der Waals surface area (Å²) in [6, 6.07) is 0. The highest BCUT2D eigenvalue weighted by Gasteiger charge is 2.27. The van der Waals surface area contributed by atoms with Gasteiger partial charge in [-0.2, -0.15) is 5.10 Å². The molecular weight excluding hydrogens is 292 g/mol. The first kappa shape index (κ1) is 14.1. The molecule has 3 unspecified atom stereocenters. The van der Waals surface area contributed by atoms with Crippen LogP contribution >= 0.6 is 15.9 Å². The third kappa shape index (κ3) is 2.97. The standard InChI is InChI=1S/C14H23BrN2O/c1-9-5-4-6-11(7-9)13(18)8-12-14(15)10(2)16-17(12)3/h9,11,13,18H,4-8H2,1-3H3.